The monoisotopic (exact) mass is 191 g/mol. The van der Waals surface area contributed by atoms with Crippen molar-refractivity contribution < 1.29 is 9.94 Å². The van der Waals surface area contributed by atoms with E-state index < -0.39 is 5.79 Å². The molecule has 0 amide bonds. The van der Waals surface area contributed by atoms with Gasteiger partial charge in [0.2, 0.25) is 5.79 Å². The van der Waals surface area contributed by atoms with Crippen LogP contribution in [0.4, 0.5) is 0 Å². The smallest absolute Gasteiger partial charge is 0.239 e. The van der Waals surface area contributed by atoms with Crippen molar-refractivity contribution in [1.29, 1.82) is 0 Å². The summed E-state index contributed by atoms with van der Waals surface area (Å²) in [4.78, 5) is 4.96. The normalized spacial score (nSPS) is 31.1. The Morgan fingerprint density at radius 3 is 2.50 bits per heavy atom. The Labute approximate surface area is 83.0 Å². The van der Waals surface area contributed by atoms with Gasteiger partial charge >= 0.3 is 0 Å². The predicted molar refractivity (Wildman–Crippen MR) is 53.9 cm³/mol. The first-order chi connectivity index (χ1) is 6.61. The number of aliphatic hydroxyl groups is 1. The molecule has 3 heteroatoms. The van der Waals surface area contributed by atoms with Crippen LogP contribution in [0.25, 0.3) is 0 Å². The number of benzene rings is 1. The summed E-state index contributed by atoms with van der Waals surface area (Å²) < 4.78 is 0. The van der Waals surface area contributed by atoms with Crippen LogP contribution in [0.3, 0.4) is 0 Å². The molecule has 0 bridgehead atoms. The average molecular weight is 191 g/mol. The minimum atomic E-state index is -1.18. The zero-order chi connectivity index (χ0) is 10.2. The van der Waals surface area contributed by atoms with Crippen molar-refractivity contribution in [2.24, 2.45) is 11.1 Å². The average Bonchev–Trinajstić information content (AvgIpc) is 2.44. The Morgan fingerprint density at radius 1 is 1.36 bits per heavy atom. The van der Waals surface area contributed by atoms with E-state index in [2.05, 4.69) is 5.16 Å². The van der Waals surface area contributed by atoms with E-state index in [1.54, 1.807) is 6.92 Å². The van der Waals surface area contributed by atoms with Gasteiger partial charge in [-0.05, 0) is 5.56 Å². The highest BCUT2D eigenvalue weighted by Gasteiger charge is 2.40. The molecule has 1 aromatic rings. The van der Waals surface area contributed by atoms with Gasteiger partial charge in [-0.25, -0.2) is 0 Å². The number of hydrogen-bond donors (Lipinski definition) is 1. The Balaban J connectivity index is 2.31. The number of rotatable bonds is 1. The minimum Gasteiger partial charge on any atom is -0.360 e. The Kier molecular flexibility index (Phi) is 2.04. The highest BCUT2D eigenvalue weighted by atomic mass is 16.7. The lowest BCUT2D eigenvalue weighted by atomic mass is 9.93. The molecule has 1 aliphatic heterocycles. The van der Waals surface area contributed by atoms with Crippen molar-refractivity contribution in [3.05, 3.63) is 35.9 Å². The van der Waals surface area contributed by atoms with E-state index >= 15 is 0 Å². The zero-order valence-corrected chi connectivity index (χ0v) is 8.27. The molecule has 14 heavy (non-hydrogen) atoms. The standard InChI is InChI=1S/C11H13NO2/c1-8-10(12-14-11(8,2)13)9-6-4-3-5-7-9/h3-8,13H,1-2H3. The molecule has 0 aliphatic carbocycles. The third-order valence-corrected chi connectivity index (χ3v) is 2.61. The van der Waals surface area contributed by atoms with Crippen LogP contribution in [-0.2, 0) is 4.84 Å². The maximum atomic E-state index is 9.76. The molecule has 0 spiro atoms. The van der Waals surface area contributed by atoms with E-state index in [0.29, 0.717) is 0 Å². The first-order valence-electron chi connectivity index (χ1n) is 4.65. The van der Waals surface area contributed by atoms with Gasteiger partial charge < -0.3 is 9.94 Å². The van der Waals surface area contributed by atoms with Crippen LogP contribution in [0.2, 0.25) is 0 Å². The molecular weight excluding hydrogens is 178 g/mol. The largest absolute Gasteiger partial charge is 0.360 e. The Morgan fingerprint density at radius 2 is 2.00 bits per heavy atom. The molecule has 1 aliphatic rings. The predicted octanol–water partition coefficient (Wildman–Crippen LogP) is 1.77. The van der Waals surface area contributed by atoms with Gasteiger partial charge in [0.25, 0.3) is 0 Å². The summed E-state index contributed by atoms with van der Waals surface area (Å²) in [5.41, 5.74) is 1.80. The van der Waals surface area contributed by atoms with E-state index in [1.165, 1.54) is 0 Å². The van der Waals surface area contributed by atoms with Gasteiger partial charge in [-0.3, -0.25) is 0 Å². The highest BCUT2D eigenvalue weighted by Crippen LogP contribution is 2.29. The summed E-state index contributed by atoms with van der Waals surface area (Å²) in [6, 6.07) is 9.75. The molecule has 2 rings (SSSR count). The maximum Gasteiger partial charge on any atom is 0.239 e. The molecule has 1 N–H and O–H groups in total. The van der Waals surface area contributed by atoms with Crippen molar-refractivity contribution in [2.45, 2.75) is 19.6 Å². The fourth-order valence-corrected chi connectivity index (χ4v) is 1.46. The topological polar surface area (TPSA) is 41.8 Å². The summed E-state index contributed by atoms with van der Waals surface area (Å²) in [7, 11) is 0. The summed E-state index contributed by atoms with van der Waals surface area (Å²) in [6.07, 6.45) is 0. The van der Waals surface area contributed by atoms with Crippen LogP contribution in [0.1, 0.15) is 19.4 Å². The third kappa shape index (κ3) is 1.40. The molecule has 3 nitrogen and oxygen atoms in total. The first kappa shape index (κ1) is 9.21. The molecule has 0 aromatic heterocycles. The minimum absolute atomic E-state index is 0.107. The molecule has 0 saturated carbocycles. The van der Waals surface area contributed by atoms with Crippen molar-refractivity contribution in [2.75, 3.05) is 0 Å². The van der Waals surface area contributed by atoms with E-state index in [0.717, 1.165) is 11.3 Å². The van der Waals surface area contributed by atoms with E-state index in [4.69, 9.17) is 4.84 Å². The second kappa shape index (κ2) is 3.10. The van der Waals surface area contributed by atoms with Gasteiger partial charge in [0.1, 0.15) is 0 Å². The number of hydrogen-bond acceptors (Lipinski definition) is 3. The summed E-state index contributed by atoms with van der Waals surface area (Å²) >= 11 is 0. The van der Waals surface area contributed by atoms with Crippen molar-refractivity contribution in [3.63, 3.8) is 0 Å². The first-order valence-corrected chi connectivity index (χ1v) is 4.65. The summed E-state index contributed by atoms with van der Waals surface area (Å²) in [5.74, 6) is -1.28. The van der Waals surface area contributed by atoms with Gasteiger partial charge in [0, 0.05) is 6.92 Å². The molecule has 1 heterocycles. The number of nitrogens with zero attached hydrogens (tertiary/aromatic N) is 1. The van der Waals surface area contributed by atoms with Crippen LogP contribution >= 0.6 is 0 Å². The molecule has 0 saturated heterocycles. The molecule has 0 fully saturated rings. The molecule has 1 aromatic carbocycles. The lowest BCUT2D eigenvalue weighted by molar-refractivity contribution is -0.190. The molecule has 0 radical (unpaired) electrons. The Hall–Kier alpha value is -1.35. The van der Waals surface area contributed by atoms with Crippen molar-refractivity contribution in [1.82, 2.24) is 0 Å². The molecular formula is C11H13NO2. The van der Waals surface area contributed by atoms with Crippen LogP contribution in [0.5, 0.6) is 0 Å². The zero-order valence-electron chi connectivity index (χ0n) is 8.27. The van der Waals surface area contributed by atoms with Gasteiger partial charge in [-0.1, -0.05) is 42.4 Å². The lowest BCUT2D eigenvalue weighted by Crippen LogP contribution is -2.33. The third-order valence-electron chi connectivity index (χ3n) is 2.61. The van der Waals surface area contributed by atoms with E-state index in [1.807, 2.05) is 37.3 Å². The van der Waals surface area contributed by atoms with E-state index in [-0.39, 0.29) is 5.92 Å². The van der Waals surface area contributed by atoms with Gasteiger partial charge in [-0.2, -0.15) is 0 Å². The van der Waals surface area contributed by atoms with Crippen molar-refractivity contribution >= 4 is 5.71 Å². The summed E-state index contributed by atoms with van der Waals surface area (Å²) in [5, 5.41) is 13.7. The lowest BCUT2D eigenvalue weighted by Gasteiger charge is -2.19. The quantitative estimate of drug-likeness (QED) is 0.735. The fraction of sp³-hybridized carbons (Fsp3) is 0.364. The van der Waals surface area contributed by atoms with Crippen LogP contribution in [0, 0.1) is 5.92 Å². The van der Waals surface area contributed by atoms with Gasteiger partial charge in [0.05, 0.1) is 11.6 Å². The molecule has 2 unspecified atom stereocenters. The highest BCUT2D eigenvalue weighted by molar-refractivity contribution is 6.02. The van der Waals surface area contributed by atoms with E-state index in [9.17, 15) is 5.11 Å². The second-order valence-corrected chi connectivity index (χ2v) is 3.71. The fourth-order valence-electron chi connectivity index (χ4n) is 1.46. The summed E-state index contributed by atoms with van der Waals surface area (Å²) in [6.45, 7) is 3.52. The van der Waals surface area contributed by atoms with Crippen molar-refractivity contribution in [3.8, 4) is 0 Å². The van der Waals surface area contributed by atoms with Crippen LogP contribution < -0.4 is 0 Å². The van der Waals surface area contributed by atoms with Crippen LogP contribution in [0.15, 0.2) is 35.5 Å². The second-order valence-electron chi connectivity index (χ2n) is 3.71. The van der Waals surface area contributed by atoms with Gasteiger partial charge in [0.15, 0.2) is 0 Å². The molecule has 74 valence electrons. The Bertz CT molecular complexity index is 357. The van der Waals surface area contributed by atoms with Crippen LogP contribution in [-0.4, -0.2) is 16.6 Å². The molecule has 2 atom stereocenters. The maximum absolute atomic E-state index is 9.76. The SMILES string of the molecule is CC1C(c2ccccc2)=NOC1(C)O. The van der Waals surface area contributed by atoms with Gasteiger partial charge in [-0.15, -0.1) is 0 Å². The number of oxime groups is 1.